The smallest absolute Gasteiger partial charge is 0.312 e. The van der Waals surface area contributed by atoms with Gasteiger partial charge in [-0.05, 0) is 25.2 Å². The normalized spacial score (nSPS) is 40.4. The maximum absolute atomic E-state index is 12.6. The summed E-state index contributed by atoms with van der Waals surface area (Å²) in [6, 6.07) is 0. The van der Waals surface area contributed by atoms with Crippen LogP contribution in [0.1, 0.15) is 39.0 Å². The van der Waals surface area contributed by atoms with E-state index in [1.807, 2.05) is 6.92 Å². The largest absolute Gasteiger partial charge is 0.465 e. The van der Waals surface area contributed by atoms with E-state index in [9.17, 15) is 14.4 Å². The van der Waals surface area contributed by atoms with Gasteiger partial charge in [0.05, 0.1) is 10.8 Å². The Hall–Kier alpha value is -1.59. The Balaban J connectivity index is 2.09. The van der Waals surface area contributed by atoms with Gasteiger partial charge in [-0.25, -0.2) is 0 Å². The average molecular weight is 296 g/mol. The highest BCUT2D eigenvalue weighted by Crippen LogP contribution is 2.49. The van der Waals surface area contributed by atoms with Crippen LogP contribution in [-0.2, 0) is 28.6 Å². The van der Waals surface area contributed by atoms with Gasteiger partial charge in [0.15, 0.2) is 0 Å². The lowest BCUT2D eigenvalue weighted by Crippen LogP contribution is -2.40. The maximum atomic E-state index is 12.6. The van der Waals surface area contributed by atoms with Crippen LogP contribution in [0.15, 0.2) is 0 Å². The van der Waals surface area contributed by atoms with Crippen LogP contribution >= 0.6 is 0 Å². The van der Waals surface area contributed by atoms with E-state index in [0.29, 0.717) is 19.3 Å². The van der Waals surface area contributed by atoms with Gasteiger partial charge < -0.3 is 14.2 Å². The van der Waals surface area contributed by atoms with Crippen LogP contribution in [0.2, 0.25) is 0 Å². The topological polar surface area (TPSA) is 78.9 Å². The molecule has 1 atom stereocenters. The third-order valence-corrected chi connectivity index (χ3v) is 5.23. The van der Waals surface area contributed by atoms with Crippen molar-refractivity contribution in [1.82, 2.24) is 0 Å². The monoisotopic (exact) mass is 296 g/mol. The highest BCUT2D eigenvalue weighted by molar-refractivity contribution is 5.80. The number of esters is 3. The molecule has 3 aliphatic heterocycles. The Kier molecular flexibility index (Phi) is 3.42. The summed E-state index contributed by atoms with van der Waals surface area (Å²) in [6.45, 7) is 2.41. The summed E-state index contributed by atoms with van der Waals surface area (Å²) in [7, 11) is 0. The molecule has 0 spiro atoms. The Morgan fingerprint density at radius 2 is 1.43 bits per heavy atom. The molecule has 21 heavy (non-hydrogen) atoms. The second-order valence-electron chi connectivity index (χ2n) is 6.66. The number of ether oxygens (including phenoxy) is 3. The number of carbonyl (C=O) groups excluding carboxylic acids is 3. The SMILES string of the molecule is CC1CC23COC(=O)CCC1(CCC(=O)OC2)C(=O)OC3. The number of cyclic esters (lactones) is 3. The fourth-order valence-electron chi connectivity index (χ4n) is 3.79. The van der Waals surface area contributed by atoms with Crippen LogP contribution in [0.5, 0.6) is 0 Å². The summed E-state index contributed by atoms with van der Waals surface area (Å²) in [6.07, 6.45) is 1.76. The molecule has 0 N–H and O–H groups in total. The van der Waals surface area contributed by atoms with Crippen molar-refractivity contribution in [2.75, 3.05) is 19.8 Å². The first-order chi connectivity index (χ1) is 9.96. The number of hydrogen-bond acceptors (Lipinski definition) is 6. The molecule has 0 aliphatic carbocycles. The predicted molar refractivity (Wildman–Crippen MR) is 70.0 cm³/mol. The second kappa shape index (κ2) is 5.00. The minimum Gasteiger partial charge on any atom is -0.465 e. The molecule has 6 heteroatoms. The van der Waals surface area contributed by atoms with E-state index in [4.69, 9.17) is 14.2 Å². The Bertz CT molecular complexity index is 453. The van der Waals surface area contributed by atoms with Gasteiger partial charge in [0.2, 0.25) is 0 Å². The lowest BCUT2D eigenvalue weighted by atomic mass is 9.66. The van der Waals surface area contributed by atoms with Gasteiger partial charge in [0.25, 0.3) is 0 Å². The van der Waals surface area contributed by atoms with Gasteiger partial charge in [-0.1, -0.05) is 6.92 Å². The summed E-state index contributed by atoms with van der Waals surface area (Å²) in [4.78, 5) is 36.3. The minimum absolute atomic E-state index is 0.0245. The van der Waals surface area contributed by atoms with Crippen molar-refractivity contribution in [1.29, 1.82) is 0 Å². The number of rotatable bonds is 0. The van der Waals surface area contributed by atoms with Crippen molar-refractivity contribution in [3.8, 4) is 0 Å². The van der Waals surface area contributed by atoms with Crippen molar-refractivity contribution >= 4 is 17.9 Å². The van der Waals surface area contributed by atoms with Crippen molar-refractivity contribution in [2.45, 2.75) is 39.0 Å². The van der Waals surface area contributed by atoms with Gasteiger partial charge in [0.1, 0.15) is 19.8 Å². The molecular formula is C15H20O6. The van der Waals surface area contributed by atoms with E-state index in [1.165, 1.54) is 0 Å². The minimum atomic E-state index is -0.783. The van der Waals surface area contributed by atoms with Gasteiger partial charge in [0, 0.05) is 12.8 Å². The zero-order valence-electron chi connectivity index (χ0n) is 12.2. The molecular weight excluding hydrogens is 276 g/mol. The van der Waals surface area contributed by atoms with Crippen molar-refractivity contribution in [2.24, 2.45) is 16.7 Å². The third-order valence-electron chi connectivity index (χ3n) is 5.23. The molecule has 0 saturated carbocycles. The van der Waals surface area contributed by atoms with E-state index in [2.05, 4.69) is 0 Å². The lowest BCUT2D eigenvalue weighted by Gasteiger charge is -2.34. The van der Waals surface area contributed by atoms with Crippen molar-refractivity contribution in [3.63, 3.8) is 0 Å². The summed E-state index contributed by atoms with van der Waals surface area (Å²) >= 11 is 0. The van der Waals surface area contributed by atoms with E-state index in [0.717, 1.165) is 0 Å². The molecule has 3 fully saturated rings. The van der Waals surface area contributed by atoms with Crippen LogP contribution in [0.3, 0.4) is 0 Å². The molecule has 0 amide bonds. The second-order valence-corrected chi connectivity index (χ2v) is 6.66. The molecule has 0 radical (unpaired) electrons. The van der Waals surface area contributed by atoms with Crippen LogP contribution in [0.25, 0.3) is 0 Å². The highest BCUT2D eigenvalue weighted by Gasteiger charge is 2.54. The maximum Gasteiger partial charge on any atom is 0.312 e. The Morgan fingerprint density at radius 1 is 0.905 bits per heavy atom. The third kappa shape index (κ3) is 2.40. The first kappa shape index (κ1) is 14.4. The zero-order chi connectivity index (χ0) is 15.1. The van der Waals surface area contributed by atoms with Gasteiger partial charge >= 0.3 is 17.9 Å². The molecule has 0 aromatic heterocycles. The van der Waals surface area contributed by atoms with Gasteiger partial charge in [-0.2, -0.15) is 0 Å². The fraction of sp³-hybridized carbons (Fsp3) is 0.800. The summed E-state index contributed by atoms with van der Waals surface area (Å²) in [5.74, 6) is -0.836. The Morgan fingerprint density at radius 3 is 2.00 bits per heavy atom. The number of hydrogen-bond donors (Lipinski definition) is 0. The lowest BCUT2D eigenvalue weighted by molar-refractivity contribution is -0.170. The molecule has 3 saturated heterocycles. The van der Waals surface area contributed by atoms with Crippen LogP contribution in [-0.4, -0.2) is 37.7 Å². The molecule has 3 heterocycles. The zero-order valence-corrected chi connectivity index (χ0v) is 12.2. The average Bonchev–Trinajstić information content (AvgIpc) is 2.50. The van der Waals surface area contributed by atoms with Gasteiger partial charge in [-0.15, -0.1) is 0 Å². The van der Waals surface area contributed by atoms with Crippen LogP contribution in [0.4, 0.5) is 0 Å². The molecule has 3 rings (SSSR count). The fourth-order valence-corrected chi connectivity index (χ4v) is 3.79. The summed E-state index contributed by atoms with van der Waals surface area (Å²) in [5, 5.41) is 0. The predicted octanol–water partition coefficient (Wildman–Crippen LogP) is 1.22. The van der Waals surface area contributed by atoms with Gasteiger partial charge in [-0.3, -0.25) is 14.4 Å². The van der Waals surface area contributed by atoms with Crippen molar-refractivity contribution in [3.05, 3.63) is 0 Å². The van der Waals surface area contributed by atoms with E-state index >= 15 is 0 Å². The standard InChI is InChI=1S/C15H20O6/c1-10-6-14-7-19-11(16)2-4-15(10,13(18)21-9-14)5-3-12(17)20-8-14/h10H,2-9H2,1H3. The quantitative estimate of drug-likeness (QED) is 0.494. The Labute approximate surface area is 123 Å². The molecule has 1 unspecified atom stereocenters. The van der Waals surface area contributed by atoms with E-state index < -0.39 is 10.8 Å². The first-order valence-electron chi connectivity index (χ1n) is 7.44. The van der Waals surface area contributed by atoms with E-state index in [-0.39, 0.29) is 56.5 Å². The summed E-state index contributed by atoms with van der Waals surface area (Å²) < 4.78 is 16.1. The van der Waals surface area contributed by atoms with Crippen molar-refractivity contribution < 1.29 is 28.6 Å². The molecule has 6 nitrogen and oxygen atoms in total. The molecule has 2 bridgehead atoms. The van der Waals surface area contributed by atoms with Crippen LogP contribution < -0.4 is 0 Å². The number of carbonyl (C=O) groups is 3. The molecule has 0 aromatic carbocycles. The van der Waals surface area contributed by atoms with E-state index in [1.54, 1.807) is 0 Å². The first-order valence-corrected chi connectivity index (χ1v) is 7.44. The molecule has 116 valence electrons. The molecule has 3 aliphatic rings. The van der Waals surface area contributed by atoms with Crippen LogP contribution in [0, 0.1) is 16.7 Å². The molecule has 0 aromatic rings. The summed E-state index contributed by atoms with van der Waals surface area (Å²) in [5.41, 5.74) is -1.40. The highest BCUT2D eigenvalue weighted by atomic mass is 16.6.